The zero-order chi connectivity index (χ0) is 14.7. The van der Waals surface area contributed by atoms with E-state index in [1.54, 1.807) is 19.2 Å². The number of aromatic amines is 1. The quantitative estimate of drug-likeness (QED) is 0.862. The third-order valence-electron chi connectivity index (χ3n) is 2.88. The predicted molar refractivity (Wildman–Crippen MR) is 76.2 cm³/mol. The zero-order valence-corrected chi connectivity index (χ0v) is 12.1. The normalized spacial score (nSPS) is 10.8. The van der Waals surface area contributed by atoms with Crippen LogP contribution < -0.4 is 11.2 Å². The van der Waals surface area contributed by atoms with E-state index in [0.717, 1.165) is 11.0 Å². The highest BCUT2D eigenvalue weighted by atomic mass is 35.5. The van der Waals surface area contributed by atoms with Gasteiger partial charge in [-0.05, 0) is 19.4 Å². The van der Waals surface area contributed by atoms with Crippen LogP contribution in [0.25, 0.3) is 0 Å². The Kier molecular flexibility index (Phi) is 4.34. The summed E-state index contributed by atoms with van der Waals surface area (Å²) in [6, 6.07) is 1.67. The van der Waals surface area contributed by atoms with E-state index in [4.69, 9.17) is 11.6 Å². The van der Waals surface area contributed by atoms with Crippen LogP contribution in [0.5, 0.6) is 0 Å². The molecule has 0 bridgehead atoms. The van der Waals surface area contributed by atoms with Gasteiger partial charge < -0.3 is 0 Å². The number of nitrogens with zero attached hydrogens (tertiary/aromatic N) is 3. The van der Waals surface area contributed by atoms with Gasteiger partial charge in [-0.15, -0.1) is 0 Å². The van der Waals surface area contributed by atoms with Crippen molar-refractivity contribution < 1.29 is 0 Å². The Hall–Kier alpha value is -1.95. The molecule has 0 aliphatic rings. The van der Waals surface area contributed by atoms with E-state index in [1.807, 2.05) is 6.92 Å². The van der Waals surface area contributed by atoms with Crippen molar-refractivity contribution in [1.29, 1.82) is 0 Å². The van der Waals surface area contributed by atoms with Gasteiger partial charge in [-0.25, -0.2) is 14.8 Å². The number of rotatable bonds is 4. The number of hydrogen-bond acceptors (Lipinski definition) is 4. The first-order valence-corrected chi connectivity index (χ1v) is 6.70. The van der Waals surface area contributed by atoms with Gasteiger partial charge >= 0.3 is 5.69 Å². The average molecular weight is 295 g/mol. The van der Waals surface area contributed by atoms with Crippen molar-refractivity contribution in [3.8, 4) is 0 Å². The zero-order valence-electron chi connectivity index (χ0n) is 11.3. The lowest BCUT2D eigenvalue weighted by Gasteiger charge is -2.08. The van der Waals surface area contributed by atoms with E-state index in [-0.39, 0.29) is 17.3 Å². The van der Waals surface area contributed by atoms with Crippen LogP contribution in [0.1, 0.15) is 30.4 Å². The lowest BCUT2D eigenvalue weighted by molar-refractivity contribution is 0.664. The fourth-order valence-electron chi connectivity index (χ4n) is 1.95. The first kappa shape index (κ1) is 14.5. The van der Waals surface area contributed by atoms with Crippen molar-refractivity contribution in [3.05, 3.63) is 55.3 Å². The first-order chi connectivity index (χ1) is 9.52. The van der Waals surface area contributed by atoms with Gasteiger partial charge in [0.2, 0.25) is 0 Å². The molecule has 0 unspecified atom stereocenters. The number of hydrogen-bond donors (Lipinski definition) is 1. The SMILES string of the molecule is CCCc1c(Cl)[nH]c(=O)n(Cc2ccnc(C)n2)c1=O. The summed E-state index contributed by atoms with van der Waals surface area (Å²) in [5.41, 5.74) is 0.141. The molecule has 6 nitrogen and oxygen atoms in total. The Bertz CT molecular complexity index is 736. The summed E-state index contributed by atoms with van der Waals surface area (Å²) in [6.45, 7) is 3.80. The van der Waals surface area contributed by atoms with Gasteiger partial charge in [0, 0.05) is 6.20 Å². The number of aryl methyl sites for hydroxylation is 1. The van der Waals surface area contributed by atoms with E-state index < -0.39 is 5.69 Å². The topological polar surface area (TPSA) is 80.6 Å². The summed E-state index contributed by atoms with van der Waals surface area (Å²) in [4.78, 5) is 34.9. The smallest absolute Gasteiger partial charge is 0.297 e. The van der Waals surface area contributed by atoms with Gasteiger partial charge in [0.15, 0.2) is 0 Å². The minimum absolute atomic E-state index is 0.103. The molecule has 2 heterocycles. The number of nitrogens with one attached hydrogen (secondary N) is 1. The Labute approximate surface area is 120 Å². The summed E-state index contributed by atoms with van der Waals surface area (Å²) in [5.74, 6) is 0.592. The number of aromatic nitrogens is 4. The van der Waals surface area contributed by atoms with Crippen molar-refractivity contribution >= 4 is 11.6 Å². The van der Waals surface area contributed by atoms with Crippen LogP contribution in [0.15, 0.2) is 21.9 Å². The molecule has 1 N–H and O–H groups in total. The molecular weight excluding hydrogens is 280 g/mol. The second kappa shape index (κ2) is 6.00. The highest BCUT2D eigenvalue weighted by Crippen LogP contribution is 2.08. The van der Waals surface area contributed by atoms with Crippen molar-refractivity contribution in [2.45, 2.75) is 33.2 Å². The predicted octanol–water partition coefficient (Wildman–Crippen LogP) is 1.29. The molecule has 2 aromatic rings. The van der Waals surface area contributed by atoms with Crippen LogP contribution in [0.4, 0.5) is 0 Å². The molecule has 0 atom stereocenters. The average Bonchev–Trinajstić information content (AvgIpc) is 2.39. The minimum Gasteiger partial charge on any atom is -0.297 e. The third-order valence-corrected chi connectivity index (χ3v) is 3.21. The van der Waals surface area contributed by atoms with Crippen LogP contribution in [0, 0.1) is 6.92 Å². The van der Waals surface area contributed by atoms with Gasteiger partial charge in [-0.1, -0.05) is 24.9 Å². The highest BCUT2D eigenvalue weighted by Gasteiger charge is 2.12. The molecule has 20 heavy (non-hydrogen) atoms. The van der Waals surface area contributed by atoms with E-state index in [1.165, 1.54) is 0 Å². The molecule has 0 amide bonds. The van der Waals surface area contributed by atoms with Crippen molar-refractivity contribution in [1.82, 2.24) is 19.5 Å². The minimum atomic E-state index is -0.531. The van der Waals surface area contributed by atoms with Crippen LogP contribution in [0.3, 0.4) is 0 Å². The summed E-state index contributed by atoms with van der Waals surface area (Å²) in [6.07, 6.45) is 2.89. The number of halogens is 1. The van der Waals surface area contributed by atoms with Crippen LogP contribution >= 0.6 is 11.6 Å². The molecular formula is C13H15ClN4O2. The molecule has 0 saturated heterocycles. The summed E-state index contributed by atoms with van der Waals surface area (Å²) < 4.78 is 1.11. The molecule has 0 radical (unpaired) electrons. The molecule has 0 saturated carbocycles. The molecule has 0 aliphatic heterocycles. The fourth-order valence-corrected chi connectivity index (χ4v) is 2.21. The fraction of sp³-hybridized carbons (Fsp3) is 0.385. The highest BCUT2D eigenvalue weighted by molar-refractivity contribution is 6.30. The first-order valence-electron chi connectivity index (χ1n) is 6.33. The van der Waals surface area contributed by atoms with Crippen molar-refractivity contribution in [2.75, 3.05) is 0 Å². The van der Waals surface area contributed by atoms with Crippen LogP contribution in [-0.2, 0) is 13.0 Å². The standard InChI is InChI=1S/C13H15ClN4O2/c1-3-4-10-11(14)17-13(20)18(12(10)19)7-9-5-6-15-8(2)16-9/h5-6H,3-4,7H2,1-2H3,(H,17,20). The lowest BCUT2D eigenvalue weighted by Crippen LogP contribution is -2.38. The maximum atomic E-state index is 12.3. The van der Waals surface area contributed by atoms with Gasteiger partial charge in [-0.2, -0.15) is 0 Å². The van der Waals surface area contributed by atoms with Crippen molar-refractivity contribution in [2.24, 2.45) is 0 Å². The van der Waals surface area contributed by atoms with Gasteiger partial charge in [0.25, 0.3) is 5.56 Å². The Morgan fingerprint density at radius 3 is 2.80 bits per heavy atom. The monoisotopic (exact) mass is 294 g/mol. The second-order valence-corrected chi connectivity index (χ2v) is 4.84. The Morgan fingerprint density at radius 1 is 1.40 bits per heavy atom. The number of H-pyrrole nitrogens is 1. The molecule has 0 aliphatic carbocycles. The van der Waals surface area contributed by atoms with Crippen molar-refractivity contribution in [3.63, 3.8) is 0 Å². The maximum Gasteiger partial charge on any atom is 0.329 e. The van der Waals surface area contributed by atoms with E-state index >= 15 is 0 Å². The summed E-state index contributed by atoms with van der Waals surface area (Å²) in [7, 11) is 0. The second-order valence-electron chi connectivity index (χ2n) is 4.46. The molecule has 2 rings (SSSR count). The molecule has 7 heteroatoms. The summed E-state index contributed by atoms with van der Waals surface area (Å²) >= 11 is 5.92. The van der Waals surface area contributed by atoms with Crippen LogP contribution in [-0.4, -0.2) is 19.5 Å². The summed E-state index contributed by atoms with van der Waals surface area (Å²) in [5, 5.41) is 0.122. The Balaban J connectivity index is 2.49. The molecule has 0 fully saturated rings. The van der Waals surface area contributed by atoms with E-state index in [2.05, 4.69) is 15.0 Å². The Morgan fingerprint density at radius 2 is 2.15 bits per heavy atom. The van der Waals surface area contributed by atoms with E-state index in [0.29, 0.717) is 23.5 Å². The molecule has 0 spiro atoms. The van der Waals surface area contributed by atoms with E-state index in [9.17, 15) is 9.59 Å². The third kappa shape index (κ3) is 2.96. The van der Waals surface area contributed by atoms with Crippen LogP contribution in [0.2, 0.25) is 5.15 Å². The molecule has 0 aromatic carbocycles. The molecule has 106 valence electrons. The van der Waals surface area contributed by atoms with Gasteiger partial charge in [0.1, 0.15) is 11.0 Å². The largest absolute Gasteiger partial charge is 0.329 e. The lowest BCUT2D eigenvalue weighted by atomic mass is 10.2. The van der Waals surface area contributed by atoms with Gasteiger partial charge in [-0.3, -0.25) is 14.3 Å². The molecule has 2 aromatic heterocycles. The maximum absolute atomic E-state index is 12.3. The van der Waals surface area contributed by atoms with Gasteiger partial charge in [0.05, 0.1) is 17.8 Å².